The van der Waals surface area contributed by atoms with E-state index < -0.39 is 0 Å². The van der Waals surface area contributed by atoms with Crippen molar-refractivity contribution in [2.24, 2.45) is 5.92 Å². The van der Waals surface area contributed by atoms with E-state index in [1.807, 2.05) is 24.3 Å². The molecule has 4 heteroatoms. The molecule has 0 amide bonds. The third kappa shape index (κ3) is 3.15. The van der Waals surface area contributed by atoms with Crippen LogP contribution in [0, 0.1) is 5.92 Å². The van der Waals surface area contributed by atoms with Gasteiger partial charge >= 0.3 is 0 Å². The van der Waals surface area contributed by atoms with Crippen LogP contribution in [0.15, 0.2) is 24.3 Å². The highest BCUT2D eigenvalue weighted by Crippen LogP contribution is 2.29. The van der Waals surface area contributed by atoms with Crippen LogP contribution in [-0.4, -0.2) is 9.55 Å². The van der Waals surface area contributed by atoms with Crippen molar-refractivity contribution in [2.75, 3.05) is 5.73 Å². The highest BCUT2D eigenvalue weighted by Gasteiger charge is 2.16. The van der Waals surface area contributed by atoms with Crippen LogP contribution in [-0.2, 0) is 13.0 Å². The van der Waals surface area contributed by atoms with Gasteiger partial charge in [0.05, 0.1) is 0 Å². The maximum absolute atomic E-state index is 6.32. The molecule has 0 atom stereocenters. The molecule has 1 aromatic carbocycles. The molecule has 0 aliphatic rings. The molecule has 1 aromatic heterocycles. The molecular weight excluding hydrogens is 270 g/mol. The topological polar surface area (TPSA) is 43.8 Å². The van der Waals surface area contributed by atoms with Crippen molar-refractivity contribution in [1.82, 2.24) is 9.55 Å². The summed E-state index contributed by atoms with van der Waals surface area (Å²) in [6.45, 7) is 7.43. The van der Waals surface area contributed by atoms with Crippen molar-refractivity contribution in [3.8, 4) is 11.3 Å². The third-order valence-corrected chi connectivity index (χ3v) is 3.44. The summed E-state index contributed by atoms with van der Waals surface area (Å²) in [5.41, 5.74) is 8.15. The van der Waals surface area contributed by atoms with Gasteiger partial charge in [0.2, 0.25) is 0 Å². The smallest absolute Gasteiger partial charge is 0.131 e. The van der Waals surface area contributed by atoms with Crippen LogP contribution < -0.4 is 5.73 Å². The molecule has 20 heavy (non-hydrogen) atoms. The Kier molecular flexibility index (Phi) is 4.71. The Bertz CT molecular complexity index is 587. The second-order valence-electron chi connectivity index (χ2n) is 5.53. The Morgan fingerprint density at radius 1 is 1.35 bits per heavy atom. The number of nitrogens with two attached hydrogens (primary N) is 1. The zero-order chi connectivity index (χ0) is 14.7. The number of anilines is 1. The molecule has 0 aliphatic carbocycles. The van der Waals surface area contributed by atoms with Gasteiger partial charge in [0.1, 0.15) is 17.3 Å². The molecule has 0 unspecified atom stereocenters. The third-order valence-electron chi connectivity index (χ3n) is 3.21. The molecule has 3 nitrogen and oxygen atoms in total. The predicted molar refractivity (Wildman–Crippen MR) is 85.9 cm³/mol. The van der Waals surface area contributed by atoms with Crippen molar-refractivity contribution in [1.29, 1.82) is 0 Å². The number of hydrogen-bond acceptors (Lipinski definition) is 2. The number of imidazole rings is 1. The van der Waals surface area contributed by atoms with Crippen LogP contribution in [0.1, 0.15) is 33.0 Å². The molecule has 0 bridgehead atoms. The van der Waals surface area contributed by atoms with E-state index in [9.17, 15) is 0 Å². The number of nitrogen functional groups attached to an aromatic ring is 1. The second-order valence-corrected chi connectivity index (χ2v) is 5.96. The van der Waals surface area contributed by atoms with Crippen molar-refractivity contribution in [3.63, 3.8) is 0 Å². The van der Waals surface area contributed by atoms with Gasteiger partial charge in [-0.2, -0.15) is 0 Å². The SMILES string of the molecule is CCCc1nc(-c2cccc(Cl)c2)c(N)n1CC(C)C. The average molecular weight is 292 g/mol. The van der Waals surface area contributed by atoms with Gasteiger partial charge in [0.25, 0.3) is 0 Å². The summed E-state index contributed by atoms with van der Waals surface area (Å²) in [6.07, 6.45) is 2.00. The maximum Gasteiger partial charge on any atom is 0.131 e. The molecule has 2 N–H and O–H groups in total. The van der Waals surface area contributed by atoms with Gasteiger partial charge in [0, 0.05) is 23.6 Å². The number of aryl methyl sites for hydroxylation is 1. The van der Waals surface area contributed by atoms with Crippen molar-refractivity contribution in [3.05, 3.63) is 35.1 Å². The van der Waals surface area contributed by atoms with Gasteiger partial charge in [0.15, 0.2) is 0 Å². The first-order valence-electron chi connectivity index (χ1n) is 7.13. The Labute approximate surface area is 125 Å². The summed E-state index contributed by atoms with van der Waals surface area (Å²) in [5, 5.41) is 0.706. The van der Waals surface area contributed by atoms with Crippen LogP contribution >= 0.6 is 11.6 Å². The average Bonchev–Trinajstić information content (AvgIpc) is 2.68. The van der Waals surface area contributed by atoms with Crippen LogP contribution in [0.2, 0.25) is 5.02 Å². The summed E-state index contributed by atoms with van der Waals surface area (Å²) >= 11 is 6.06. The van der Waals surface area contributed by atoms with E-state index in [0.29, 0.717) is 10.9 Å². The van der Waals surface area contributed by atoms with Crippen LogP contribution in [0.5, 0.6) is 0 Å². The van der Waals surface area contributed by atoms with Crippen LogP contribution in [0.4, 0.5) is 5.82 Å². The number of halogens is 1. The molecule has 2 aromatic rings. The molecule has 108 valence electrons. The van der Waals surface area contributed by atoms with Gasteiger partial charge in [-0.05, 0) is 24.5 Å². The minimum absolute atomic E-state index is 0.536. The predicted octanol–water partition coefficient (Wildman–Crippen LogP) is 4.39. The van der Waals surface area contributed by atoms with Crippen molar-refractivity contribution in [2.45, 2.75) is 40.2 Å². The fourth-order valence-corrected chi connectivity index (χ4v) is 2.54. The fourth-order valence-electron chi connectivity index (χ4n) is 2.35. The lowest BCUT2D eigenvalue weighted by molar-refractivity contribution is 0.510. The lowest BCUT2D eigenvalue weighted by Gasteiger charge is -2.11. The van der Waals surface area contributed by atoms with Crippen molar-refractivity contribution >= 4 is 17.4 Å². The second kappa shape index (κ2) is 6.31. The molecule has 1 heterocycles. The van der Waals surface area contributed by atoms with Gasteiger partial charge in [-0.3, -0.25) is 0 Å². The maximum atomic E-state index is 6.32. The highest BCUT2D eigenvalue weighted by atomic mass is 35.5. The van der Waals surface area contributed by atoms with E-state index in [0.717, 1.165) is 42.3 Å². The standard InChI is InChI=1S/C16H22ClN3/c1-4-6-14-19-15(12-7-5-8-13(17)9-12)16(18)20(14)10-11(2)3/h5,7-9,11H,4,6,10,18H2,1-3H3. The monoisotopic (exact) mass is 291 g/mol. The molecular formula is C16H22ClN3. The molecule has 0 aliphatic heterocycles. The first-order valence-corrected chi connectivity index (χ1v) is 7.51. The van der Waals surface area contributed by atoms with Gasteiger partial charge in [-0.1, -0.05) is 44.5 Å². The summed E-state index contributed by atoms with van der Waals surface area (Å²) in [6, 6.07) is 7.70. The van der Waals surface area contributed by atoms with Crippen LogP contribution in [0.25, 0.3) is 11.3 Å². The highest BCUT2D eigenvalue weighted by molar-refractivity contribution is 6.30. The van der Waals surface area contributed by atoms with Gasteiger partial charge < -0.3 is 10.3 Å². The van der Waals surface area contributed by atoms with Crippen molar-refractivity contribution < 1.29 is 0 Å². The number of benzene rings is 1. The molecule has 0 saturated heterocycles. The van der Waals surface area contributed by atoms with E-state index in [1.165, 1.54) is 0 Å². The molecule has 0 radical (unpaired) electrons. The fraction of sp³-hybridized carbons (Fsp3) is 0.438. The zero-order valence-electron chi connectivity index (χ0n) is 12.4. The van der Waals surface area contributed by atoms with E-state index in [2.05, 4.69) is 25.3 Å². The Morgan fingerprint density at radius 2 is 2.10 bits per heavy atom. The molecule has 0 spiro atoms. The normalized spacial score (nSPS) is 11.2. The van der Waals surface area contributed by atoms with E-state index in [-0.39, 0.29) is 0 Å². The Balaban J connectivity index is 2.49. The van der Waals surface area contributed by atoms with E-state index >= 15 is 0 Å². The summed E-state index contributed by atoms with van der Waals surface area (Å²) in [7, 11) is 0. The zero-order valence-corrected chi connectivity index (χ0v) is 13.1. The van der Waals surface area contributed by atoms with Gasteiger partial charge in [-0.15, -0.1) is 0 Å². The lowest BCUT2D eigenvalue weighted by atomic mass is 10.1. The Hall–Kier alpha value is -1.48. The quantitative estimate of drug-likeness (QED) is 0.887. The minimum Gasteiger partial charge on any atom is -0.383 e. The molecule has 2 rings (SSSR count). The Morgan fingerprint density at radius 3 is 2.70 bits per heavy atom. The van der Waals surface area contributed by atoms with Gasteiger partial charge in [-0.25, -0.2) is 4.98 Å². The number of nitrogens with zero attached hydrogens (tertiary/aromatic N) is 2. The summed E-state index contributed by atoms with van der Waals surface area (Å²) < 4.78 is 2.14. The number of hydrogen-bond donors (Lipinski definition) is 1. The number of aromatic nitrogens is 2. The lowest BCUT2D eigenvalue weighted by Crippen LogP contribution is -2.11. The first-order chi connectivity index (χ1) is 9.52. The summed E-state index contributed by atoms with van der Waals surface area (Å²) in [5.74, 6) is 2.34. The molecule has 0 fully saturated rings. The largest absolute Gasteiger partial charge is 0.383 e. The summed E-state index contributed by atoms with van der Waals surface area (Å²) in [4.78, 5) is 4.74. The van der Waals surface area contributed by atoms with E-state index in [4.69, 9.17) is 22.3 Å². The van der Waals surface area contributed by atoms with E-state index in [1.54, 1.807) is 0 Å². The van der Waals surface area contributed by atoms with Crippen LogP contribution in [0.3, 0.4) is 0 Å². The minimum atomic E-state index is 0.536. The number of rotatable bonds is 5. The molecule has 0 saturated carbocycles. The first kappa shape index (κ1) is 14.9.